The summed E-state index contributed by atoms with van der Waals surface area (Å²) in [5.74, 6) is 2.37. The van der Waals surface area contributed by atoms with Crippen LogP contribution in [0.5, 0.6) is 17.2 Å². The van der Waals surface area contributed by atoms with Crippen LogP contribution in [-0.2, 0) is 11.3 Å². The average molecular weight is 420 g/mol. The number of halogens is 1. The number of aryl methyl sites for hydroxylation is 2. The molecule has 0 saturated heterocycles. The number of ether oxygens (including phenoxy) is 3. The van der Waals surface area contributed by atoms with Gasteiger partial charge in [0.05, 0.1) is 13.7 Å². The Hall–Kier alpha value is -2.40. The minimum atomic E-state index is -0.202. The van der Waals surface area contributed by atoms with Gasteiger partial charge in [-0.1, -0.05) is 31.5 Å². The summed E-state index contributed by atoms with van der Waals surface area (Å²) in [6.07, 6.45) is 0.980. The van der Waals surface area contributed by atoms with E-state index in [-0.39, 0.29) is 12.5 Å². The highest BCUT2D eigenvalue weighted by Gasteiger charge is 2.09. The molecular weight excluding hydrogens is 390 g/mol. The van der Waals surface area contributed by atoms with Crippen LogP contribution in [-0.4, -0.2) is 26.2 Å². The molecule has 158 valence electrons. The average Bonchev–Trinajstić information content (AvgIpc) is 2.69. The van der Waals surface area contributed by atoms with E-state index in [0.717, 1.165) is 23.1 Å². The molecular formula is C23H30ClNO4. The zero-order chi connectivity index (χ0) is 21.4. The summed E-state index contributed by atoms with van der Waals surface area (Å²) < 4.78 is 16.8. The molecule has 0 fully saturated rings. The van der Waals surface area contributed by atoms with E-state index in [1.54, 1.807) is 7.11 Å². The van der Waals surface area contributed by atoms with Crippen LogP contribution in [0.1, 0.15) is 37.0 Å². The predicted octanol–water partition coefficient (Wildman–Crippen LogP) is 5.09. The lowest BCUT2D eigenvalue weighted by Crippen LogP contribution is -2.28. The number of carbonyl (C=O) groups is 1. The van der Waals surface area contributed by atoms with Crippen LogP contribution in [0.15, 0.2) is 30.3 Å². The summed E-state index contributed by atoms with van der Waals surface area (Å²) in [4.78, 5) is 12.1. The zero-order valence-corrected chi connectivity index (χ0v) is 18.6. The van der Waals surface area contributed by atoms with E-state index in [1.807, 2.05) is 44.2 Å². The summed E-state index contributed by atoms with van der Waals surface area (Å²) >= 11 is 6.15. The molecule has 0 aromatic heterocycles. The van der Waals surface area contributed by atoms with Crippen LogP contribution in [0.3, 0.4) is 0 Å². The molecule has 0 radical (unpaired) electrons. The molecule has 0 unspecified atom stereocenters. The first-order valence-corrected chi connectivity index (χ1v) is 10.1. The van der Waals surface area contributed by atoms with Gasteiger partial charge in [0.25, 0.3) is 5.91 Å². The SMILES string of the molecule is COc1cc(CNC(=O)COc2cc(C)c(Cl)c(C)c2)ccc1OCCC(C)C. The molecule has 2 rings (SSSR count). The number of nitrogens with one attached hydrogen (secondary N) is 1. The Morgan fingerprint density at radius 3 is 2.38 bits per heavy atom. The number of rotatable bonds is 10. The molecule has 0 saturated carbocycles. The Balaban J connectivity index is 1.86. The second kappa shape index (κ2) is 11.0. The molecule has 0 atom stereocenters. The third-order valence-corrected chi connectivity index (χ3v) is 5.05. The van der Waals surface area contributed by atoms with Crippen LogP contribution >= 0.6 is 11.6 Å². The van der Waals surface area contributed by atoms with Gasteiger partial charge in [-0.3, -0.25) is 4.79 Å². The number of carbonyl (C=O) groups excluding carboxylic acids is 1. The lowest BCUT2D eigenvalue weighted by atomic mass is 10.1. The molecule has 0 aliphatic carbocycles. The number of methoxy groups -OCH3 is 1. The molecule has 2 aromatic rings. The highest BCUT2D eigenvalue weighted by atomic mass is 35.5. The third kappa shape index (κ3) is 7.17. The second-order valence-corrected chi connectivity index (χ2v) is 7.83. The van der Waals surface area contributed by atoms with Crippen molar-refractivity contribution in [2.75, 3.05) is 20.3 Å². The van der Waals surface area contributed by atoms with Crippen molar-refractivity contribution < 1.29 is 19.0 Å². The molecule has 1 amide bonds. The summed E-state index contributed by atoms with van der Waals surface area (Å²) in [7, 11) is 1.61. The second-order valence-electron chi connectivity index (χ2n) is 7.45. The van der Waals surface area contributed by atoms with Gasteiger partial charge in [-0.05, 0) is 67.1 Å². The minimum Gasteiger partial charge on any atom is -0.493 e. The van der Waals surface area contributed by atoms with E-state index >= 15 is 0 Å². The van der Waals surface area contributed by atoms with Crippen LogP contribution in [0.2, 0.25) is 5.02 Å². The molecule has 1 N–H and O–H groups in total. The van der Waals surface area contributed by atoms with Gasteiger partial charge < -0.3 is 19.5 Å². The molecule has 0 aliphatic rings. The van der Waals surface area contributed by atoms with Crippen molar-refractivity contribution in [3.8, 4) is 17.2 Å². The van der Waals surface area contributed by atoms with Crippen molar-refractivity contribution in [1.29, 1.82) is 0 Å². The van der Waals surface area contributed by atoms with E-state index in [4.69, 9.17) is 25.8 Å². The summed E-state index contributed by atoms with van der Waals surface area (Å²) in [5, 5.41) is 3.57. The van der Waals surface area contributed by atoms with Crippen LogP contribution in [0, 0.1) is 19.8 Å². The topological polar surface area (TPSA) is 56.8 Å². The van der Waals surface area contributed by atoms with Gasteiger partial charge in [0, 0.05) is 11.6 Å². The number of benzene rings is 2. The van der Waals surface area contributed by atoms with Crippen LogP contribution in [0.4, 0.5) is 0 Å². The Bertz CT molecular complexity index is 813. The van der Waals surface area contributed by atoms with E-state index < -0.39 is 0 Å². The molecule has 0 bridgehead atoms. The lowest BCUT2D eigenvalue weighted by molar-refractivity contribution is -0.123. The number of hydrogen-bond acceptors (Lipinski definition) is 4. The monoisotopic (exact) mass is 419 g/mol. The Labute approximate surface area is 178 Å². The van der Waals surface area contributed by atoms with E-state index in [0.29, 0.717) is 41.3 Å². The van der Waals surface area contributed by atoms with E-state index in [2.05, 4.69) is 19.2 Å². The molecule has 2 aromatic carbocycles. The Kier molecular flexibility index (Phi) is 8.65. The zero-order valence-electron chi connectivity index (χ0n) is 17.8. The fraction of sp³-hybridized carbons (Fsp3) is 0.435. The Morgan fingerprint density at radius 1 is 1.07 bits per heavy atom. The molecule has 0 spiro atoms. The third-order valence-electron chi connectivity index (χ3n) is 4.45. The van der Waals surface area contributed by atoms with Gasteiger partial charge in [-0.2, -0.15) is 0 Å². The van der Waals surface area contributed by atoms with Gasteiger partial charge in [-0.25, -0.2) is 0 Å². The minimum absolute atomic E-state index is 0.0615. The van der Waals surface area contributed by atoms with Crippen molar-refractivity contribution in [1.82, 2.24) is 5.32 Å². The predicted molar refractivity (Wildman–Crippen MR) is 116 cm³/mol. The standard InChI is InChI=1S/C23H30ClNO4/c1-15(2)8-9-28-20-7-6-18(12-21(20)27-5)13-25-22(26)14-29-19-10-16(3)23(24)17(4)11-19/h6-7,10-12,15H,8-9,13-14H2,1-5H3,(H,25,26). The summed E-state index contributed by atoms with van der Waals surface area (Å²) in [6.45, 7) is 9.09. The normalized spacial score (nSPS) is 10.7. The van der Waals surface area contributed by atoms with E-state index in [9.17, 15) is 4.79 Å². The van der Waals surface area contributed by atoms with Crippen molar-refractivity contribution >= 4 is 17.5 Å². The van der Waals surface area contributed by atoms with Gasteiger partial charge in [0.15, 0.2) is 18.1 Å². The van der Waals surface area contributed by atoms with E-state index in [1.165, 1.54) is 0 Å². The molecule has 6 heteroatoms. The highest BCUT2D eigenvalue weighted by molar-refractivity contribution is 6.32. The van der Waals surface area contributed by atoms with Gasteiger partial charge >= 0.3 is 0 Å². The quantitative estimate of drug-likeness (QED) is 0.583. The fourth-order valence-electron chi connectivity index (χ4n) is 2.74. The van der Waals surface area contributed by atoms with Crippen molar-refractivity contribution in [2.45, 2.75) is 40.7 Å². The van der Waals surface area contributed by atoms with Gasteiger partial charge in [0.1, 0.15) is 5.75 Å². The highest BCUT2D eigenvalue weighted by Crippen LogP contribution is 2.28. The van der Waals surface area contributed by atoms with Crippen molar-refractivity contribution in [3.63, 3.8) is 0 Å². The van der Waals surface area contributed by atoms with Crippen molar-refractivity contribution in [2.24, 2.45) is 5.92 Å². The van der Waals surface area contributed by atoms with Gasteiger partial charge in [-0.15, -0.1) is 0 Å². The lowest BCUT2D eigenvalue weighted by Gasteiger charge is -2.14. The maximum Gasteiger partial charge on any atom is 0.258 e. The molecule has 0 aliphatic heterocycles. The summed E-state index contributed by atoms with van der Waals surface area (Å²) in [6, 6.07) is 9.31. The Morgan fingerprint density at radius 2 is 1.76 bits per heavy atom. The van der Waals surface area contributed by atoms with Crippen LogP contribution in [0.25, 0.3) is 0 Å². The number of amides is 1. The first-order chi connectivity index (χ1) is 13.8. The van der Waals surface area contributed by atoms with Gasteiger partial charge in [0.2, 0.25) is 0 Å². The van der Waals surface area contributed by atoms with Crippen LogP contribution < -0.4 is 19.5 Å². The molecule has 0 heterocycles. The smallest absolute Gasteiger partial charge is 0.258 e. The molecule has 29 heavy (non-hydrogen) atoms. The first kappa shape index (κ1) is 22.9. The maximum atomic E-state index is 12.1. The largest absolute Gasteiger partial charge is 0.493 e. The fourth-order valence-corrected chi connectivity index (χ4v) is 2.84. The maximum absolute atomic E-state index is 12.1. The number of hydrogen-bond donors (Lipinski definition) is 1. The molecule has 5 nitrogen and oxygen atoms in total. The van der Waals surface area contributed by atoms with Crippen molar-refractivity contribution in [3.05, 3.63) is 52.0 Å². The summed E-state index contributed by atoms with van der Waals surface area (Å²) in [5.41, 5.74) is 2.76. The first-order valence-electron chi connectivity index (χ1n) is 9.76.